The fraction of sp³-hybridized carbons (Fsp3) is 0.222. The first-order valence-corrected chi connectivity index (χ1v) is 11.8. The van der Waals surface area contributed by atoms with Crippen LogP contribution in [0.15, 0.2) is 73.2 Å². The average molecular weight is 490 g/mol. The van der Waals surface area contributed by atoms with Gasteiger partial charge in [0.2, 0.25) is 0 Å². The summed E-state index contributed by atoms with van der Waals surface area (Å²) in [6.07, 6.45) is 6.96. The molecular formula is C27H25F2N5O2. The molecule has 7 nitrogen and oxygen atoms in total. The number of aromatic nitrogens is 2. The van der Waals surface area contributed by atoms with Crippen molar-refractivity contribution in [3.63, 3.8) is 0 Å². The van der Waals surface area contributed by atoms with Crippen LogP contribution in [0.25, 0.3) is 5.65 Å². The number of nitrogens with zero attached hydrogens (tertiary/aromatic N) is 3. The standard InChI is InChI=1S/C27H25F2N5O2/c28-21-3-6-23(24(29)16-21)26(35)34-12-8-20(9-13-34)19-1-4-22(5-2-19)32-27(36)31-17-18-7-11-33-14-10-30-25(33)15-18/h1-7,10-11,14-16,20H,8-9,12-13,17H2,(H2,31,32,36). The third kappa shape index (κ3) is 5.19. The number of benzene rings is 2. The largest absolute Gasteiger partial charge is 0.339 e. The highest BCUT2D eigenvalue weighted by molar-refractivity contribution is 5.94. The minimum absolute atomic E-state index is 0.106. The van der Waals surface area contributed by atoms with Crippen LogP contribution in [0.5, 0.6) is 0 Å². The number of halogens is 2. The van der Waals surface area contributed by atoms with Crippen LogP contribution in [0.2, 0.25) is 0 Å². The van der Waals surface area contributed by atoms with Gasteiger partial charge in [-0.3, -0.25) is 4.79 Å². The van der Waals surface area contributed by atoms with Gasteiger partial charge in [0.15, 0.2) is 0 Å². The lowest BCUT2D eigenvalue weighted by Crippen LogP contribution is -2.38. The summed E-state index contributed by atoms with van der Waals surface area (Å²) >= 11 is 0. The molecule has 9 heteroatoms. The lowest BCUT2D eigenvalue weighted by atomic mass is 9.89. The number of amides is 3. The summed E-state index contributed by atoms with van der Waals surface area (Å²) in [7, 11) is 0. The Balaban J connectivity index is 1.11. The van der Waals surface area contributed by atoms with E-state index in [0.717, 1.165) is 41.7 Å². The van der Waals surface area contributed by atoms with Gasteiger partial charge in [-0.05, 0) is 66.3 Å². The number of likely N-dealkylation sites (tertiary alicyclic amines) is 1. The molecule has 2 aromatic heterocycles. The predicted molar refractivity (Wildman–Crippen MR) is 132 cm³/mol. The van der Waals surface area contributed by atoms with Crippen LogP contribution in [-0.4, -0.2) is 39.3 Å². The van der Waals surface area contributed by atoms with Crippen molar-refractivity contribution in [1.29, 1.82) is 0 Å². The molecule has 1 saturated heterocycles. The topological polar surface area (TPSA) is 78.7 Å². The van der Waals surface area contributed by atoms with Crippen molar-refractivity contribution in [3.05, 3.63) is 102 Å². The zero-order chi connectivity index (χ0) is 25.1. The van der Waals surface area contributed by atoms with Gasteiger partial charge in [-0.2, -0.15) is 0 Å². The highest BCUT2D eigenvalue weighted by Crippen LogP contribution is 2.29. The number of rotatable bonds is 5. The van der Waals surface area contributed by atoms with Crippen molar-refractivity contribution in [1.82, 2.24) is 19.6 Å². The zero-order valence-corrected chi connectivity index (χ0v) is 19.5. The van der Waals surface area contributed by atoms with Crippen LogP contribution in [0.1, 0.15) is 40.2 Å². The third-order valence-corrected chi connectivity index (χ3v) is 6.50. The molecule has 1 aliphatic heterocycles. The fourth-order valence-electron chi connectivity index (χ4n) is 4.51. The fourth-order valence-corrected chi connectivity index (χ4v) is 4.51. The van der Waals surface area contributed by atoms with Gasteiger partial charge in [-0.1, -0.05) is 12.1 Å². The van der Waals surface area contributed by atoms with Crippen molar-refractivity contribution < 1.29 is 18.4 Å². The van der Waals surface area contributed by atoms with Crippen LogP contribution in [0.3, 0.4) is 0 Å². The van der Waals surface area contributed by atoms with Crippen LogP contribution >= 0.6 is 0 Å². The maximum atomic E-state index is 14.0. The summed E-state index contributed by atoms with van der Waals surface area (Å²) in [5.74, 6) is -1.70. The molecule has 3 heterocycles. The van der Waals surface area contributed by atoms with E-state index in [1.54, 1.807) is 11.1 Å². The first kappa shape index (κ1) is 23.5. The lowest BCUT2D eigenvalue weighted by Gasteiger charge is -2.32. The molecule has 3 amide bonds. The molecule has 36 heavy (non-hydrogen) atoms. The molecule has 1 fully saturated rings. The Labute approximate surface area is 206 Å². The van der Waals surface area contributed by atoms with Gasteiger partial charge >= 0.3 is 6.03 Å². The summed E-state index contributed by atoms with van der Waals surface area (Å²) < 4.78 is 29.0. The second kappa shape index (κ2) is 10.2. The molecule has 0 saturated carbocycles. The first-order valence-electron chi connectivity index (χ1n) is 11.8. The van der Waals surface area contributed by atoms with E-state index in [0.29, 0.717) is 25.3 Å². The molecule has 4 aromatic rings. The van der Waals surface area contributed by atoms with Crippen LogP contribution in [0, 0.1) is 11.6 Å². The molecule has 1 aliphatic rings. The zero-order valence-electron chi connectivity index (χ0n) is 19.5. The predicted octanol–water partition coefficient (Wildman–Crippen LogP) is 4.95. The van der Waals surface area contributed by atoms with E-state index in [2.05, 4.69) is 15.6 Å². The third-order valence-electron chi connectivity index (χ3n) is 6.50. The Kier molecular flexibility index (Phi) is 6.62. The van der Waals surface area contributed by atoms with Gasteiger partial charge in [0.1, 0.15) is 17.3 Å². The van der Waals surface area contributed by atoms with Crippen LogP contribution in [-0.2, 0) is 6.54 Å². The number of carbonyl (C=O) groups excluding carboxylic acids is 2. The second-order valence-electron chi connectivity index (χ2n) is 8.85. The maximum absolute atomic E-state index is 14.0. The molecular weight excluding hydrogens is 464 g/mol. The molecule has 2 aromatic carbocycles. The number of piperidine rings is 1. The van der Waals surface area contributed by atoms with E-state index < -0.39 is 17.5 Å². The number of nitrogens with one attached hydrogen (secondary N) is 2. The number of carbonyl (C=O) groups is 2. The molecule has 0 unspecified atom stereocenters. The van der Waals surface area contributed by atoms with Crippen LogP contribution < -0.4 is 10.6 Å². The van der Waals surface area contributed by atoms with E-state index >= 15 is 0 Å². The van der Waals surface area contributed by atoms with Crippen molar-refractivity contribution in [2.45, 2.75) is 25.3 Å². The number of hydrogen-bond acceptors (Lipinski definition) is 3. The molecule has 0 atom stereocenters. The number of anilines is 1. The van der Waals surface area contributed by atoms with Crippen molar-refractivity contribution in [2.24, 2.45) is 0 Å². The highest BCUT2D eigenvalue weighted by Gasteiger charge is 2.26. The van der Waals surface area contributed by atoms with E-state index in [1.165, 1.54) is 6.07 Å². The highest BCUT2D eigenvalue weighted by atomic mass is 19.1. The Bertz CT molecular complexity index is 1400. The summed E-state index contributed by atoms with van der Waals surface area (Å²) in [5, 5.41) is 5.68. The number of pyridine rings is 1. The minimum atomic E-state index is -0.840. The molecule has 0 radical (unpaired) electrons. The summed E-state index contributed by atoms with van der Waals surface area (Å²) in [6, 6.07) is 14.2. The van der Waals surface area contributed by atoms with Crippen molar-refractivity contribution >= 4 is 23.3 Å². The number of imidazole rings is 1. The Morgan fingerprint density at radius 2 is 1.75 bits per heavy atom. The van der Waals surface area contributed by atoms with E-state index in [1.807, 2.05) is 53.2 Å². The maximum Gasteiger partial charge on any atom is 0.319 e. The molecule has 0 bridgehead atoms. The molecule has 2 N–H and O–H groups in total. The quantitative estimate of drug-likeness (QED) is 0.416. The number of urea groups is 1. The summed E-state index contributed by atoms with van der Waals surface area (Å²) in [6.45, 7) is 1.37. The first-order chi connectivity index (χ1) is 17.5. The molecule has 5 rings (SSSR count). The Hall–Kier alpha value is -4.27. The molecule has 0 spiro atoms. The van der Waals surface area contributed by atoms with Gasteiger partial charge in [-0.15, -0.1) is 0 Å². The monoisotopic (exact) mass is 489 g/mol. The summed E-state index contributed by atoms with van der Waals surface area (Å²) in [4.78, 5) is 30.8. The van der Waals surface area contributed by atoms with Gasteiger partial charge < -0.3 is 19.9 Å². The number of fused-ring (bicyclic) bond motifs is 1. The Morgan fingerprint density at radius 1 is 0.972 bits per heavy atom. The van der Waals surface area contributed by atoms with Gasteiger partial charge in [0.05, 0.1) is 5.56 Å². The van der Waals surface area contributed by atoms with Crippen molar-refractivity contribution in [3.8, 4) is 0 Å². The van der Waals surface area contributed by atoms with Gasteiger partial charge in [0.25, 0.3) is 5.91 Å². The molecule has 0 aliphatic carbocycles. The smallest absolute Gasteiger partial charge is 0.319 e. The van der Waals surface area contributed by atoms with E-state index in [-0.39, 0.29) is 17.5 Å². The normalized spacial score (nSPS) is 14.1. The van der Waals surface area contributed by atoms with Crippen LogP contribution in [0.4, 0.5) is 19.3 Å². The van der Waals surface area contributed by atoms with E-state index in [4.69, 9.17) is 0 Å². The summed E-state index contributed by atoms with van der Waals surface area (Å²) in [5.41, 5.74) is 3.47. The minimum Gasteiger partial charge on any atom is -0.339 e. The molecule has 184 valence electrons. The average Bonchev–Trinajstić information content (AvgIpc) is 3.36. The SMILES string of the molecule is O=C(NCc1ccn2ccnc2c1)Nc1ccc(C2CCN(C(=O)c3ccc(F)cc3F)CC2)cc1. The van der Waals surface area contributed by atoms with Gasteiger partial charge in [0, 0.05) is 50.0 Å². The Morgan fingerprint density at radius 3 is 2.50 bits per heavy atom. The van der Waals surface area contributed by atoms with Gasteiger partial charge in [-0.25, -0.2) is 18.6 Å². The van der Waals surface area contributed by atoms with Crippen molar-refractivity contribution in [2.75, 3.05) is 18.4 Å². The second-order valence-corrected chi connectivity index (χ2v) is 8.85. The van der Waals surface area contributed by atoms with E-state index in [9.17, 15) is 18.4 Å². The number of hydrogen-bond donors (Lipinski definition) is 2. The lowest BCUT2D eigenvalue weighted by molar-refractivity contribution is 0.0708.